The lowest BCUT2D eigenvalue weighted by molar-refractivity contribution is 0.143. The van der Waals surface area contributed by atoms with Gasteiger partial charge in [0.2, 0.25) is 0 Å². The van der Waals surface area contributed by atoms with Crippen molar-refractivity contribution in [3.63, 3.8) is 0 Å². The third kappa shape index (κ3) is 11.7. The number of nitrogens with zero attached hydrogens (tertiary/aromatic N) is 1. The molecule has 0 amide bonds. The second-order valence-corrected chi connectivity index (χ2v) is 5.76. The van der Waals surface area contributed by atoms with E-state index in [2.05, 4.69) is 48.7 Å². The third-order valence-electron chi connectivity index (χ3n) is 3.58. The van der Waals surface area contributed by atoms with Crippen LogP contribution in [0.25, 0.3) is 0 Å². The number of aryl methyl sites for hydroxylation is 1. The predicted octanol–water partition coefficient (Wildman–Crippen LogP) is 4.27. The van der Waals surface area contributed by atoms with E-state index in [4.69, 9.17) is 9.73 Å². The zero-order chi connectivity index (χ0) is 16.8. The van der Waals surface area contributed by atoms with Gasteiger partial charge < -0.3 is 15.4 Å². The SMILES string of the molecule is CCCCNC(=NCc1ccc(C)cc1)NCCCCOCC.I. The molecule has 0 aromatic heterocycles. The van der Waals surface area contributed by atoms with E-state index in [9.17, 15) is 0 Å². The molecule has 0 aliphatic carbocycles. The molecule has 2 N–H and O–H groups in total. The fraction of sp³-hybridized carbons (Fsp3) is 0.632. The average Bonchev–Trinajstić information content (AvgIpc) is 2.56. The van der Waals surface area contributed by atoms with Crippen LogP contribution in [-0.2, 0) is 11.3 Å². The van der Waals surface area contributed by atoms with Gasteiger partial charge in [-0.15, -0.1) is 24.0 Å². The van der Waals surface area contributed by atoms with Gasteiger partial charge >= 0.3 is 0 Å². The summed E-state index contributed by atoms with van der Waals surface area (Å²) < 4.78 is 5.36. The van der Waals surface area contributed by atoms with Crippen molar-refractivity contribution in [2.75, 3.05) is 26.3 Å². The van der Waals surface area contributed by atoms with Gasteiger partial charge in [0.1, 0.15) is 0 Å². The van der Waals surface area contributed by atoms with Crippen LogP contribution in [0.1, 0.15) is 50.7 Å². The van der Waals surface area contributed by atoms with Gasteiger partial charge in [0.15, 0.2) is 5.96 Å². The highest BCUT2D eigenvalue weighted by molar-refractivity contribution is 14.0. The lowest BCUT2D eigenvalue weighted by atomic mass is 10.1. The molecule has 0 aliphatic heterocycles. The number of hydrogen-bond donors (Lipinski definition) is 2. The van der Waals surface area contributed by atoms with Crippen LogP contribution in [0.15, 0.2) is 29.3 Å². The lowest BCUT2D eigenvalue weighted by Gasteiger charge is -2.12. The first-order chi connectivity index (χ1) is 11.3. The van der Waals surface area contributed by atoms with E-state index in [0.717, 1.165) is 51.5 Å². The summed E-state index contributed by atoms with van der Waals surface area (Å²) in [6, 6.07) is 8.56. The maximum absolute atomic E-state index is 5.36. The minimum atomic E-state index is 0. The number of nitrogens with one attached hydrogen (secondary N) is 2. The highest BCUT2D eigenvalue weighted by atomic mass is 127. The molecular weight excluding hydrogens is 413 g/mol. The average molecular weight is 447 g/mol. The van der Waals surface area contributed by atoms with E-state index < -0.39 is 0 Å². The molecule has 0 heterocycles. The standard InChI is InChI=1S/C19H33N3O.HI/c1-4-6-13-20-19(21-14-7-8-15-23-5-2)22-16-18-11-9-17(3)10-12-18;/h9-12H,4-8,13-16H2,1-3H3,(H2,20,21,22);1H. The zero-order valence-electron chi connectivity index (χ0n) is 15.4. The summed E-state index contributed by atoms with van der Waals surface area (Å²) in [5, 5.41) is 6.83. The summed E-state index contributed by atoms with van der Waals surface area (Å²) in [5.74, 6) is 0.912. The Balaban J connectivity index is 0.00000529. The van der Waals surface area contributed by atoms with E-state index in [1.54, 1.807) is 0 Å². The van der Waals surface area contributed by atoms with Gasteiger partial charge in [0.05, 0.1) is 6.54 Å². The monoisotopic (exact) mass is 447 g/mol. The molecule has 5 heteroatoms. The summed E-state index contributed by atoms with van der Waals surface area (Å²) in [6.07, 6.45) is 4.53. The summed E-state index contributed by atoms with van der Waals surface area (Å²) >= 11 is 0. The molecule has 0 unspecified atom stereocenters. The number of guanidine groups is 1. The highest BCUT2D eigenvalue weighted by Gasteiger charge is 1.99. The molecule has 138 valence electrons. The van der Waals surface area contributed by atoms with E-state index in [0.29, 0.717) is 6.54 Å². The van der Waals surface area contributed by atoms with Gasteiger partial charge in [-0.2, -0.15) is 0 Å². The van der Waals surface area contributed by atoms with E-state index in [1.165, 1.54) is 17.5 Å². The molecule has 0 saturated heterocycles. The van der Waals surface area contributed by atoms with Gasteiger partial charge in [0.25, 0.3) is 0 Å². The van der Waals surface area contributed by atoms with E-state index in [1.807, 2.05) is 6.92 Å². The van der Waals surface area contributed by atoms with Crippen LogP contribution >= 0.6 is 24.0 Å². The molecule has 0 fully saturated rings. The summed E-state index contributed by atoms with van der Waals surface area (Å²) in [5.41, 5.74) is 2.52. The molecule has 0 spiro atoms. The molecule has 1 rings (SSSR count). The Bertz CT molecular complexity index is 435. The fourth-order valence-corrected chi connectivity index (χ4v) is 2.10. The minimum absolute atomic E-state index is 0. The molecule has 0 radical (unpaired) electrons. The fourth-order valence-electron chi connectivity index (χ4n) is 2.10. The Morgan fingerprint density at radius 2 is 1.67 bits per heavy atom. The molecule has 0 saturated carbocycles. The van der Waals surface area contributed by atoms with Crippen molar-refractivity contribution in [1.82, 2.24) is 10.6 Å². The first-order valence-electron chi connectivity index (χ1n) is 8.91. The number of benzene rings is 1. The molecule has 0 bridgehead atoms. The number of halogens is 1. The largest absolute Gasteiger partial charge is 0.382 e. The van der Waals surface area contributed by atoms with Gasteiger partial charge in [-0.05, 0) is 38.7 Å². The summed E-state index contributed by atoms with van der Waals surface area (Å²) in [4.78, 5) is 4.69. The van der Waals surface area contributed by atoms with Crippen LogP contribution in [0.2, 0.25) is 0 Å². The predicted molar refractivity (Wildman–Crippen MR) is 114 cm³/mol. The number of rotatable bonds is 11. The van der Waals surface area contributed by atoms with E-state index in [-0.39, 0.29) is 24.0 Å². The Labute approximate surface area is 164 Å². The lowest BCUT2D eigenvalue weighted by Crippen LogP contribution is -2.38. The maximum Gasteiger partial charge on any atom is 0.191 e. The van der Waals surface area contributed by atoms with Gasteiger partial charge in [-0.3, -0.25) is 0 Å². The van der Waals surface area contributed by atoms with Crippen molar-refractivity contribution in [2.45, 2.75) is 53.0 Å². The maximum atomic E-state index is 5.36. The van der Waals surface area contributed by atoms with Gasteiger partial charge in [-0.1, -0.05) is 43.2 Å². The zero-order valence-corrected chi connectivity index (χ0v) is 17.8. The molecule has 0 aliphatic rings. The molecule has 0 atom stereocenters. The van der Waals surface area contributed by atoms with Crippen molar-refractivity contribution < 1.29 is 4.74 Å². The first-order valence-corrected chi connectivity index (χ1v) is 8.91. The number of unbranched alkanes of at least 4 members (excludes halogenated alkanes) is 2. The molecule has 4 nitrogen and oxygen atoms in total. The Kier molecular flexibility index (Phi) is 15.2. The third-order valence-corrected chi connectivity index (χ3v) is 3.58. The second kappa shape index (κ2) is 15.7. The van der Waals surface area contributed by atoms with Crippen molar-refractivity contribution in [3.05, 3.63) is 35.4 Å². The van der Waals surface area contributed by atoms with Crippen LogP contribution < -0.4 is 10.6 Å². The minimum Gasteiger partial charge on any atom is -0.382 e. The van der Waals surface area contributed by atoms with Crippen LogP contribution in [-0.4, -0.2) is 32.3 Å². The smallest absolute Gasteiger partial charge is 0.191 e. The van der Waals surface area contributed by atoms with E-state index >= 15 is 0 Å². The Hall–Kier alpha value is -0.820. The topological polar surface area (TPSA) is 45.7 Å². The van der Waals surface area contributed by atoms with Crippen molar-refractivity contribution in [1.29, 1.82) is 0 Å². The van der Waals surface area contributed by atoms with Crippen LogP contribution in [0.3, 0.4) is 0 Å². The van der Waals surface area contributed by atoms with Crippen molar-refractivity contribution in [2.24, 2.45) is 4.99 Å². The summed E-state index contributed by atoms with van der Waals surface area (Å²) in [6.45, 7) is 10.6. The molecule has 1 aromatic rings. The first kappa shape index (κ1) is 23.2. The second-order valence-electron chi connectivity index (χ2n) is 5.76. The number of hydrogen-bond acceptors (Lipinski definition) is 2. The van der Waals surface area contributed by atoms with Gasteiger partial charge in [0, 0.05) is 26.3 Å². The Morgan fingerprint density at radius 3 is 2.29 bits per heavy atom. The van der Waals surface area contributed by atoms with Crippen molar-refractivity contribution in [3.8, 4) is 0 Å². The number of ether oxygens (including phenoxy) is 1. The molecule has 24 heavy (non-hydrogen) atoms. The normalized spacial score (nSPS) is 11.0. The molecular formula is C19H34IN3O. The highest BCUT2D eigenvalue weighted by Crippen LogP contribution is 2.04. The quantitative estimate of drug-likeness (QED) is 0.231. The van der Waals surface area contributed by atoms with Gasteiger partial charge in [-0.25, -0.2) is 4.99 Å². The summed E-state index contributed by atoms with van der Waals surface area (Å²) in [7, 11) is 0. The van der Waals surface area contributed by atoms with Crippen LogP contribution in [0.4, 0.5) is 0 Å². The van der Waals surface area contributed by atoms with Crippen molar-refractivity contribution >= 4 is 29.9 Å². The van der Waals surface area contributed by atoms with Crippen LogP contribution in [0.5, 0.6) is 0 Å². The van der Waals surface area contributed by atoms with Crippen LogP contribution in [0, 0.1) is 6.92 Å². The Morgan fingerprint density at radius 1 is 1.00 bits per heavy atom. The molecule has 1 aromatic carbocycles. The number of aliphatic imine (C=N–C) groups is 1.